The molecule has 1 aliphatic rings. The molecule has 1 heterocycles. The summed E-state index contributed by atoms with van der Waals surface area (Å²) >= 11 is 3.04. The van der Waals surface area contributed by atoms with Crippen LogP contribution in [0.5, 0.6) is 5.75 Å². The Kier molecular flexibility index (Phi) is 5.81. The number of piperidine rings is 1. The highest BCUT2D eigenvalue weighted by Gasteiger charge is 2.32. The Labute approximate surface area is 139 Å². The molecule has 0 aliphatic carbocycles. The number of nitrogens with zero attached hydrogens (tertiary/aromatic N) is 1. The Balaban J connectivity index is 2.26. The summed E-state index contributed by atoms with van der Waals surface area (Å²) in [5.74, 6) is -0.00457. The SMILES string of the molecule is CNCC1CCN(S(=O)(=O)c2cc(F)c(Br)cc2OC)CC1. The summed E-state index contributed by atoms with van der Waals surface area (Å²) in [7, 11) is -0.495. The van der Waals surface area contributed by atoms with Crippen LogP contribution in [0.2, 0.25) is 0 Å². The maximum atomic E-state index is 13.8. The lowest BCUT2D eigenvalue weighted by Crippen LogP contribution is -2.40. The zero-order valence-corrected chi connectivity index (χ0v) is 15.0. The van der Waals surface area contributed by atoms with E-state index < -0.39 is 15.8 Å². The summed E-state index contributed by atoms with van der Waals surface area (Å²) in [5.41, 5.74) is 0. The number of ether oxygens (including phenoxy) is 1. The fourth-order valence-corrected chi connectivity index (χ4v) is 4.59. The molecule has 1 aromatic rings. The number of rotatable bonds is 5. The first kappa shape index (κ1) is 17.7. The maximum Gasteiger partial charge on any atom is 0.246 e. The highest BCUT2D eigenvalue weighted by atomic mass is 79.9. The Bertz CT molecular complexity index is 631. The predicted molar refractivity (Wildman–Crippen MR) is 86.1 cm³/mol. The largest absolute Gasteiger partial charge is 0.495 e. The first-order valence-electron chi connectivity index (χ1n) is 7.08. The minimum atomic E-state index is -3.76. The van der Waals surface area contributed by atoms with Crippen LogP contribution in [0.3, 0.4) is 0 Å². The lowest BCUT2D eigenvalue weighted by molar-refractivity contribution is 0.270. The van der Waals surface area contributed by atoms with E-state index in [0.29, 0.717) is 19.0 Å². The van der Waals surface area contributed by atoms with Crippen LogP contribution in [0, 0.1) is 11.7 Å². The lowest BCUT2D eigenvalue weighted by Gasteiger charge is -2.31. The van der Waals surface area contributed by atoms with E-state index in [2.05, 4.69) is 21.2 Å². The number of methoxy groups -OCH3 is 1. The number of hydrogen-bond donors (Lipinski definition) is 1. The first-order valence-corrected chi connectivity index (χ1v) is 9.31. The van der Waals surface area contributed by atoms with Gasteiger partial charge in [0.2, 0.25) is 10.0 Å². The van der Waals surface area contributed by atoms with Crippen LogP contribution >= 0.6 is 15.9 Å². The number of halogens is 2. The van der Waals surface area contributed by atoms with Gasteiger partial charge in [0.15, 0.2) is 0 Å². The number of hydrogen-bond acceptors (Lipinski definition) is 4. The third kappa shape index (κ3) is 3.61. The van der Waals surface area contributed by atoms with E-state index in [4.69, 9.17) is 4.74 Å². The third-order valence-electron chi connectivity index (χ3n) is 3.89. The minimum absolute atomic E-state index is 0.122. The predicted octanol–water partition coefficient (Wildman–Crippen LogP) is 2.22. The summed E-state index contributed by atoms with van der Waals surface area (Å²) < 4.78 is 45.9. The van der Waals surface area contributed by atoms with Crippen LogP contribution in [0.25, 0.3) is 0 Å². The van der Waals surface area contributed by atoms with E-state index in [1.54, 1.807) is 0 Å². The Morgan fingerprint density at radius 3 is 2.59 bits per heavy atom. The van der Waals surface area contributed by atoms with Crippen LogP contribution < -0.4 is 10.1 Å². The van der Waals surface area contributed by atoms with Gasteiger partial charge >= 0.3 is 0 Å². The molecule has 1 aliphatic heterocycles. The van der Waals surface area contributed by atoms with Crippen molar-refractivity contribution < 1.29 is 17.5 Å². The van der Waals surface area contributed by atoms with Crippen molar-refractivity contribution in [3.63, 3.8) is 0 Å². The molecule has 5 nitrogen and oxygen atoms in total. The van der Waals surface area contributed by atoms with Crippen LogP contribution in [0.4, 0.5) is 4.39 Å². The number of nitrogens with one attached hydrogen (secondary N) is 1. The van der Waals surface area contributed by atoms with Gasteiger partial charge < -0.3 is 10.1 Å². The van der Waals surface area contributed by atoms with E-state index in [1.165, 1.54) is 17.5 Å². The van der Waals surface area contributed by atoms with Gasteiger partial charge in [-0.1, -0.05) is 0 Å². The van der Waals surface area contributed by atoms with E-state index in [9.17, 15) is 12.8 Å². The molecule has 0 atom stereocenters. The van der Waals surface area contributed by atoms with Gasteiger partial charge in [0.05, 0.1) is 11.6 Å². The van der Waals surface area contributed by atoms with Crippen molar-refractivity contribution >= 4 is 26.0 Å². The van der Waals surface area contributed by atoms with Gasteiger partial charge in [-0.05, 0) is 60.4 Å². The fourth-order valence-electron chi connectivity index (χ4n) is 2.65. The van der Waals surface area contributed by atoms with Gasteiger partial charge in [-0.2, -0.15) is 4.31 Å². The van der Waals surface area contributed by atoms with E-state index in [0.717, 1.165) is 25.5 Å². The van der Waals surface area contributed by atoms with E-state index in [1.807, 2.05) is 7.05 Å². The summed E-state index contributed by atoms with van der Waals surface area (Å²) in [4.78, 5) is -0.122. The molecule has 0 amide bonds. The van der Waals surface area contributed by atoms with Crippen LogP contribution in [-0.2, 0) is 10.0 Å². The van der Waals surface area contributed by atoms with E-state index in [-0.39, 0.29) is 15.1 Å². The Morgan fingerprint density at radius 1 is 1.41 bits per heavy atom. The van der Waals surface area contributed by atoms with Crippen molar-refractivity contribution in [2.75, 3.05) is 33.8 Å². The number of sulfonamides is 1. The zero-order valence-electron chi connectivity index (χ0n) is 12.6. The van der Waals surface area contributed by atoms with Crippen molar-refractivity contribution in [3.8, 4) is 5.75 Å². The molecule has 1 aromatic carbocycles. The van der Waals surface area contributed by atoms with E-state index >= 15 is 0 Å². The smallest absolute Gasteiger partial charge is 0.246 e. The van der Waals surface area contributed by atoms with Gasteiger partial charge in [0.1, 0.15) is 16.5 Å². The first-order chi connectivity index (χ1) is 10.4. The van der Waals surface area contributed by atoms with Crippen molar-refractivity contribution in [3.05, 3.63) is 22.4 Å². The van der Waals surface area contributed by atoms with Gasteiger partial charge in [0.25, 0.3) is 0 Å². The third-order valence-corrected chi connectivity index (χ3v) is 6.42. The summed E-state index contributed by atoms with van der Waals surface area (Å²) in [6, 6.07) is 2.36. The molecule has 22 heavy (non-hydrogen) atoms. The molecule has 2 rings (SSSR count). The Morgan fingerprint density at radius 2 is 2.05 bits per heavy atom. The standard InChI is InChI=1S/C14H20BrFN2O3S/c1-17-9-10-3-5-18(6-4-10)22(19,20)14-8-12(16)11(15)7-13(14)21-2/h7-8,10,17H,3-6,9H2,1-2H3. The quantitative estimate of drug-likeness (QED) is 0.831. The Hall–Kier alpha value is -0.700. The number of benzene rings is 1. The zero-order chi connectivity index (χ0) is 16.3. The second-order valence-electron chi connectivity index (χ2n) is 5.32. The van der Waals surface area contributed by atoms with Gasteiger partial charge in [-0.25, -0.2) is 12.8 Å². The molecule has 0 aromatic heterocycles. The molecular weight excluding hydrogens is 375 g/mol. The molecule has 124 valence electrons. The van der Waals surface area contributed by atoms with Crippen molar-refractivity contribution in [1.29, 1.82) is 0 Å². The molecule has 0 bridgehead atoms. The highest BCUT2D eigenvalue weighted by molar-refractivity contribution is 9.10. The average Bonchev–Trinajstić information content (AvgIpc) is 2.50. The van der Waals surface area contributed by atoms with Crippen molar-refractivity contribution in [1.82, 2.24) is 9.62 Å². The molecule has 0 saturated carbocycles. The topological polar surface area (TPSA) is 58.6 Å². The van der Waals surface area contributed by atoms with Gasteiger partial charge in [-0.15, -0.1) is 0 Å². The van der Waals surface area contributed by atoms with Crippen molar-refractivity contribution in [2.24, 2.45) is 5.92 Å². The summed E-state index contributed by atoms with van der Waals surface area (Å²) in [6.45, 7) is 1.76. The highest BCUT2D eigenvalue weighted by Crippen LogP contribution is 2.33. The fraction of sp³-hybridized carbons (Fsp3) is 0.571. The normalized spacial score (nSPS) is 17.6. The average molecular weight is 395 g/mol. The molecule has 0 unspecified atom stereocenters. The molecule has 1 N–H and O–H groups in total. The second kappa shape index (κ2) is 7.25. The molecule has 1 saturated heterocycles. The molecule has 8 heteroatoms. The maximum absolute atomic E-state index is 13.8. The molecular formula is C14H20BrFN2O3S. The van der Waals surface area contributed by atoms with Crippen LogP contribution in [-0.4, -0.2) is 46.5 Å². The monoisotopic (exact) mass is 394 g/mol. The molecule has 1 fully saturated rings. The van der Waals surface area contributed by atoms with Gasteiger partial charge in [-0.3, -0.25) is 0 Å². The van der Waals surface area contributed by atoms with Crippen molar-refractivity contribution in [2.45, 2.75) is 17.7 Å². The van der Waals surface area contributed by atoms with Crippen LogP contribution in [0.1, 0.15) is 12.8 Å². The van der Waals surface area contributed by atoms with Gasteiger partial charge in [0, 0.05) is 13.1 Å². The second-order valence-corrected chi connectivity index (χ2v) is 8.08. The van der Waals surface area contributed by atoms with Crippen LogP contribution in [0.15, 0.2) is 21.5 Å². The summed E-state index contributed by atoms with van der Waals surface area (Å²) in [5, 5.41) is 3.11. The lowest BCUT2D eigenvalue weighted by atomic mass is 9.98. The summed E-state index contributed by atoms with van der Waals surface area (Å²) in [6.07, 6.45) is 1.59. The minimum Gasteiger partial charge on any atom is -0.495 e. The molecule has 0 spiro atoms. The molecule has 0 radical (unpaired) electrons.